The van der Waals surface area contributed by atoms with Gasteiger partial charge in [-0.25, -0.2) is 0 Å². The average Bonchev–Trinajstić information content (AvgIpc) is 2.84. The number of nitrogens with zero attached hydrogens (tertiary/aromatic N) is 2. The van der Waals surface area contributed by atoms with E-state index in [1.54, 1.807) is 4.68 Å². The zero-order valence-corrected chi connectivity index (χ0v) is 15.9. The minimum atomic E-state index is -0.169. The van der Waals surface area contributed by atoms with Crippen LogP contribution in [0.4, 0.5) is 0 Å². The Hall–Kier alpha value is -1.81. The lowest BCUT2D eigenvalue weighted by molar-refractivity contribution is 0.269. The topological polar surface area (TPSA) is 58.3 Å². The van der Waals surface area contributed by atoms with E-state index < -0.39 is 0 Å². The van der Waals surface area contributed by atoms with Gasteiger partial charge in [-0.3, -0.25) is 4.68 Å². The molecule has 4 heteroatoms. The summed E-state index contributed by atoms with van der Waals surface area (Å²) in [5, 5.41) is 24.6. The van der Waals surface area contributed by atoms with Gasteiger partial charge in [-0.2, -0.15) is 5.10 Å². The van der Waals surface area contributed by atoms with Crippen LogP contribution >= 0.6 is 0 Å². The number of benzene rings is 1. The summed E-state index contributed by atoms with van der Waals surface area (Å²) in [6, 6.07) is 4.03. The van der Waals surface area contributed by atoms with Crippen LogP contribution in [0.3, 0.4) is 0 Å². The molecule has 4 nitrogen and oxygen atoms in total. The Bertz CT molecular complexity index is 731. The fraction of sp³-hybridized carbons (Fsp3) is 0.550. The number of phenols is 1. The van der Waals surface area contributed by atoms with Gasteiger partial charge < -0.3 is 10.2 Å². The highest BCUT2D eigenvalue weighted by Crippen LogP contribution is 2.44. The lowest BCUT2D eigenvalue weighted by atomic mass is 9.75. The molecule has 1 aromatic carbocycles. The molecule has 0 amide bonds. The molecule has 0 aliphatic rings. The smallest absolute Gasteiger partial charge is 0.123 e. The molecular formula is C20H30N2O2. The van der Waals surface area contributed by atoms with Crippen molar-refractivity contribution in [2.45, 2.75) is 65.8 Å². The molecule has 0 atom stereocenters. The van der Waals surface area contributed by atoms with Crippen molar-refractivity contribution in [3.8, 4) is 17.0 Å². The predicted octanol–water partition coefficient (Wildman–Crippen LogP) is 4.15. The summed E-state index contributed by atoms with van der Waals surface area (Å²) in [6.45, 7) is 15.3. The number of hydrogen-bond acceptors (Lipinski definition) is 3. The van der Waals surface area contributed by atoms with Gasteiger partial charge in [-0.15, -0.1) is 0 Å². The largest absolute Gasteiger partial charge is 0.507 e. The molecule has 0 radical (unpaired) electrons. The summed E-state index contributed by atoms with van der Waals surface area (Å²) in [5.74, 6) is 0.394. The van der Waals surface area contributed by atoms with Crippen LogP contribution in [0.2, 0.25) is 0 Å². The fourth-order valence-corrected chi connectivity index (χ4v) is 3.26. The Morgan fingerprint density at radius 2 is 1.71 bits per heavy atom. The van der Waals surface area contributed by atoms with Gasteiger partial charge in [-0.1, -0.05) is 41.5 Å². The van der Waals surface area contributed by atoms with Crippen molar-refractivity contribution in [1.29, 1.82) is 0 Å². The zero-order chi connectivity index (χ0) is 18.3. The molecule has 0 unspecified atom stereocenters. The van der Waals surface area contributed by atoms with E-state index in [-0.39, 0.29) is 17.4 Å². The molecule has 2 N–H and O–H groups in total. The molecule has 1 heterocycles. The van der Waals surface area contributed by atoms with Crippen molar-refractivity contribution in [2.24, 2.45) is 0 Å². The quantitative estimate of drug-likeness (QED) is 0.889. The highest BCUT2D eigenvalue weighted by atomic mass is 16.3. The molecule has 2 rings (SSSR count). The van der Waals surface area contributed by atoms with E-state index in [0.29, 0.717) is 12.3 Å². The average molecular weight is 330 g/mol. The lowest BCUT2D eigenvalue weighted by Crippen LogP contribution is -2.19. The second kappa shape index (κ2) is 6.25. The van der Waals surface area contributed by atoms with Gasteiger partial charge in [-0.05, 0) is 35.4 Å². The van der Waals surface area contributed by atoms with E-state index >= 15 is 0 Å². The molecule has 0 bridgehead atoms. The molecule has 0 aliphatic carbocycles. The molecule has 24 heavy (non-hydrogen) atoms. The first-order valence-corrected chi connectivity index (χ1v) is 8.49. The van der Waals surface area contributed by atoms with Crippen molar-refractivity contribution < 1.29 is 10.2 Å². The Balaban J connectivity index is 2.75. The third kappa shape index (κ3) is 3.48. The van der Waals surface area contributed by atoms with E-state index in [1.165, 1.54) is 0 Å². The van der Waals surface area contributed by atoms with Gasteiger partial charge in [0.2, 0.25) is 0 Å². The fourth-order valence-electron chi connectivity index (χ4n) is 3.26. The maximum atomic E-state index is 10.9. The molecule has 2 aromatic rings. The third-order valence-electron chi connectivity index (χ3n) is 4.36. The van der Waals surface area contributed by atoms with Gasteiger partial charge in [0, 0.05) is 22.9 Å². The van der Waals surface area contributed by atoms with Gasteiger partial charge in [0.05, 0.1) is 18.8 Å². The van der Waals surface area contributed by atoms with E-state index in [1.807, 2.05) is 19.2 Å². The Morgan fingerprint density at radius 1 is 1.08 bits per heavy atom. The number of phenolic OH excluding ortho intramolecular Hbond substituents is 1. The lowest BCUT2D eigenvalue weighted by Gasteiger charge is -2.30. The summed E-state index contributed by atoms with van der Waals surface area (Å²) in [4.78, 5) is 0. The molecule has 0 saturated heterocycles. The van der Waals surface area contributed by atoms with E-state index in [0.717, 1.165) is 27.9 Å². The van der Waals surface area contributed by atoms with Gasteiger partial charge >= 0.3 is 0 Å². The number of hydrogen-bond donors (Lipinski definition) is 2. The monoisotopic (exact) mass is 330 g/mol. The van der Waals surface area contributed by atoms with Crippen molar-refractivity contribution in [3.05, 3.63) is 35.0 Å². The summed E-state index contributed by atoms with van der Waals surface area (Å²) >= 11 is 0. The van der Waals surface area contributed by atoms with Crippen LogP contribution in [0.25, 0.3) is 11.3 Å². The molecule has 0 saturated carbocycles. The SMILES string of the molecule is Cc1c(-c2ccn(CCO)n2)cc(C(C)(C)C)c(O)c1C(C)(C)C. The summed E-state index contributed by atoms with van der Waals surface area (Å²) in [5.41, 5.74) is 4.54. The van der Waals surface area contributed by atoms with Crippen molar-refractivity contribution >= 4 is 0 Å². The predicted molar refractivity (Wildman–Crippen MR) is 98.6 cm³/mol. The van der Waals surface area contributed by atoms with Crippen molar-refractivity contribution in [2.75, 3.05) is 6.61 Å². The van der Waals surface area contributed by atoms with Crippen LogP contribution in [0.5, 0.6) is 5.75 Å². The molecule has 0 aliphatic heterocycles. The number of rotatable bonds is 3. The molecule has 0 spiro atoms. The first-order valence-electron chi connectivity index (χ1n) is 8.49. The van der Waals surface area contributed by atoms with Crippen molar-refractivity contribution in [1.82, 2.24) is 9.78 Å². The second-order valence-corrected chi connectivity index (χ2v) is 8.51. The molecule has 0 fully saturated rings. The maximum absolute atomic E-state index is 10.9. The highest BCUT2D eigenvalue weighted by molar-refractivity contribution is 5.71. The van der Waals surface area contributed by atoms with Crippen molar-refractivity contribution in [3.63, 3.8) is 0 Å². The van der Waals surface area contributed by atoms with Crippen LogP contribution in [-0.2, 0) is 17.4 Å². The van der Waals surface area contributed by atoms with Gasteiger partial charge in [0.15, 0.2) is 0 Å². The zero-order valence-electron chi connectivity index (χ0n) is 15.9. The molecule has 132 valence electrons. The van der Waals surface area contributed by atoms with Crippen LogP contribution in [0.15, 0.2) is 18.3 Å². The van der Waals surface area contributed by atoms with Crippen LogP contribution in [0.1, 0.15) is 58.2 Å². The number of aromatic hydroxyl groups is 1. The number of aliphatic hydroxyl groups is 1. The van der Waals surface area contributed by atoms with Crippen LogP contribution < -0.4 is 0 Å². The van der Waals surface area contributed by atoms with Crippen LogP contribution in [0, 0.1) is 6.92 Å². The summed E-state index contributed by atoms with van der Waals surface area (Å²) in [7, 11) is 0. The second-order valence-electron chi connectivity index (χ2n) is 8.51. The number of aromatic nitrogens is 2. The Labute approximate surface area is 145 Å². The summed E-state index contributed by atoms with van der Waals surface area (Å²) in [6.07, 6.45) is 1.88. The van der Waals surface area contributed by atoms with E-state index in [2.05, 4.69) is 52.7 Å². The molecule has 1 aromatic heterocycles. The Kier molecular flexibility index (Phi) is 4.82. The van der Waals surface area contributed by atoms with Gasteiger partial charge in [0.1, 0.15) is 5.75 Å². The van der Waals surface area contributed by atoms with E-state index in [4.69, 9.17) is 5.11 Å². The van der Waals surface area contributed by atoms with Gasteiger partial charge in [0.25, 0.3) is 0 Å². The third-order valence-corrected chi connectivity index (χ3v) is 4.36. The minimum absolute atomic E-state index is 0.0656. The maximum Gasteiger partial charge on any atom is 0.123 e. The van der Waals surface area contributed by atoms with Crippen LogP contribution in [-0.4, -0.2) is 26.6 Å². The minimum Gasteiger partial charge on any atom is -0.507 e. The summed E-state index contributed by atoms with van der Waals surface area (Å²) < 4.78 is 1.75. The highest BCUT2D eigenvalue weighted by Gasteiger charge is 2.29. The first kappa shape index (κ1) is 18.5. The standard InChI is InChI=1S/C20H30N2O2/c1-13-14(16-8-9-22(21-16)10-11-23)12-15(19(2,3)4)18(24)17(13)20(5,6)7/h8-9,12,23-24H,10-11H2,1-7H3. The normalized spacial score (nSPS) is 12.7. The first-order chi connectivity index (χ1) is 11.0. The molecular weight excluding hydrogens is 300 g/mol. The Morgan fingerprint density at radius 3 is 2.21 bits per heavy atom. The van der Waals surface area contributed by atoms with E-state index in [9.17, 15) is 5.11 Å². The number of aliphatic hydroxyl groups excluding tert-OH is 1.